The first-order valence-electron chi connectivity index (χ1n) is 10.3. The number of hydrogen-bond acceptors (Lipinski definition) is 6. The molecule has 3 aromatic rings. The first-order chi connectivity index (χ1) is 14.1. The van der Waals surface area contributed by atoms with Crippen LogP contribution in [-0.2, 0) is 6.42 Å². The third-order valence-corrected chi connectivity index (χ3v) is 6.57. The highest BCUT2D eigenvalue weighted by atomic mass is 15.2. The van der Waals surface area contributed by atoms with E-state index in [2.05, 4.69) is 57.2 Å². The van der Waals surface area contributed by atoms with Crippen LogP contribution in [0.3, 0.4) is 0 Å². The molecule has 0 aliphatic carbocycles. The summed E-state index contributed by atoms with van der Waals surface area (Å²) in [6.45, 7) is 4.64. The normalized spacial score (nSPS) is 23.5. The average molecular weight is 384 g/mol. The summed E-state index contributed by atoms with van der Waals surface area (Å²) >= 11 is 0. The van der Waals surface area contributed by atoms with E-state index in [1.54, 1.807) is 0 Å². The monoisotopic (exact) mass is 384 g/mol. The molecule has 2 saturated heterocycles. The summed E-state index contributed by atoms with van der Waals surface area (Å²) < 4.78 is 0. The maximum Gasteiger partial charge on any atom is 0.104 e. The molecule has 6 rings (SSSR count). The van der Waals surface area contributed by atoms with E-state index in [4.69, 9.17) is 10.7 Å². The fourth-order valence-corrected chi connectivity index (χ4v) is 5.13. The largest absolute Gasteiger partial charge is 0.387 e. The zero-order chi connectivity index (χ0) is 19.5. The third-order valence-electron chi connectivity index (χ3n) is 6.57. The second-order valence-corrected chi connectivity index (χ2v) is 8.70. The molecule has 146 valence electrons. The molecule has 0 bridgehead atoms. The fourth-order valence-electron chi connectivity index (χ4n) is 5.13. The van der Waals surface area contributed by atoms with Crippen LogP contribution in [0.2, 0.25) is 0 Å². The van der Waals surface area contributed by atoms with Crippen LogP contribution in [0.15, 0.2) is 47.6 Å². The van der Waals surface area contributed by atoms with Crippen LogP contribution in [0.25, 0.3) is 22.3 Å². The average Bonchev–Trinajstić information content (AvgIpc) is 3.37. The molecular weight excluding hydrogens is 360 g/mol. The zero-order valence-corrected chi connectivity index (χ0v) is 16.5. The number of benzene rings is 1. The Morgan fingerprint density at radius 2 is 1.79 bits per heavy atom. The number of anilines is 1. The fraction of sp³-hybridized carbons (Fsp3) is 0.348. The number of likely N-dealkylation sites (tertiary alicyclic amines) is 1. The van der Waals surface area contributed by atoms with Gasteiger partial charge in [0.2, 0.25) is 0 Å². The van der Waals surface area contributed by atoms with Crippen molar-refractivity contribution >= 4 is 28.2 Å². The van der Waals surface area contributed by atoms with Crippen molar-refractivity contribution in [2.45, 2.75) is 6.42 Å². The number of nitrogens with two attached hydrogens (primary N) is 1. The number of pyridine rings is 2. The van der Waals surface area contributed by atoms with Gasteiger partial charge in [-0.3, -0.25) is 4.98 Å². The number of rotatable bonds is 2. The summed E-state index contributed by atoms with van der Waals surface area (Å²) in [5.41, 5.74) is 13.1. The standard InChI is InChI=1S/C23H24N6/c1-28-10-16-12-29(13-17(16)11-28)18-8-22-20(25-9-18)5-4-19(26-22)14-2-3-15-7-23(24)27-21(15)6-14/h2-6,8-9,16-17H,7,10-13H2,1H3,(H2,24,27). The van der Waals surface area contributed by atoms with Crippen molar-refractivity contribution in [1.82, 2.24) is 14.9 Å². The van der Waals surface area contributed by atoms with E-state index in [1.807, 2.05) is 12.3 Å². The summed E-state index contributed by atoms with van der Waals surface area (Å²) in [7, 11) is 2.23. The molecule has 5 heterocycles. The molecule has 6 nitrogen and oxygen atoms in total. The van der Waals surface area contributed by atoms with Gasteiger partial charge < -0.3 is 15.5 Å². The van der Waals surface area contributed by atoms with E-state index in [0.717, 1.165) is 59.3 Å². The van der Waals surface area contributed by atoms with Crippen molar-refractivity contribution in [2.75, 3.05) is 38.1 Å². The molecular formula is C23H24N6. The third kappa shape index (κ3) is 2.86. The van der Waals surface area contributed by atoms with Crippen LogP contribution >= 0.6 is 0 Å². The Morgan fingerprint density at radius 3 is 2.62 bits per heavy atom. The lowest BCUT2D eigenvalue weighted by Gasteiger charge is -2.21. The summed E-state index contributed by atoms with van der Waals surface area (Å²) in [6, 6.07) is 12.6. The maximum absolute atomic E-state index is 5.88. The molecule has 2 fully saturated rings. The van der Waals surface area contributed by atoms with Crippen LogP contribution in [0.5, 0.6) is 0 Å². The van der Waals surface area contributed by atoms with Gasteiger partial charge in [0.1, 0.15) is 5.84 Å². The molecule has 3 aliphatic rings. The molecule has 0 saturated carbocycles. The molecule has 2 aromatic heterocycles. The van der Waals surface area contributed by atoms with Crippen molar-refractivity contribution in [1.29, 1.82) is 0 Å². The lowest BCUT2D eigenvalue weighted by atomic mass is 10.0. The second kappa shape index (κ2) is 6.26. The SMILES string of the molecule is CN1CC2CN(c3cnc4ccc(-c5ccc6c(c5)N=C(N)C6)nc4c3)CC2C1. The molecule has 3 aliphatic heterocycles. The molecule has 0 spiro atoms. The van der Waals surface area contributed by atoms with Crippen LogP contribution in [0.1, 0.15) is 5.56 Å². The number of amidine groups is 1. The maximum atomic E-state index is 5.88. The van der Waals surface area contributed by atoms with Crippen LogP contribution in [0.4, 0.5) is 11.4 Å². The Hall–Kier alpha value is -2.99. The minimum absolute atomic E-state index is 0.680. The number of hydrogen-bond donors (Lipinski definition) is 1. The molecule has 6 heteroatoms. The Bertz CT molecular complexity index is 1140. The summed E-state index contributed by atoms with van der Waals surface area (Å²) in [4.78, 5) is 19.0. The van der Waals surface area contributed by atoms with Crippen molar-refractivity contribution in [3.8, 4) is 11.3 Å². The molecule has 0 amide bonds. The quantitative estimate of drug-likeness (QED) is 0.736. The first kappa shape index (κ1) is 16.9. The highest BCUT2D eigenvalue weighted by Crippen LogP contribution is 2.34. The lowest BCUT2D eigenvalue weighted by Crippen LogP contribution is -2.26. The topological polar surface area (TPSA) is 70.6 Å². The van der Waals surface area contributed by atoms with Crippen molar-refractivity contribution in [3.05, 3.63) is 48.2 Å². The molecule has 0 radical (unpaired) electrons. The van der Waals surface area contributed by atoms with Gasteiger partial charge in [-0.2, -0.15) is 0 Å². The summed E-state index contributed by atoms with van der Waals surface area (Å²) in [5, 5.41) is 0. The van der Waals surface area contributed by atoms with E-state index in [9.17, 15) is 0 Å². The molecule has 1 aromatic carbocycles. The van der Waals surface area contributed by atoms with Gasteiger partial charge >= 0.3 is 0 Å². The summed E-state index contributed by atoms with van der Waals surface area (Å²) in [6.07, 6.45) is 2.74. The predicted octanol–water partition coefficient (Wildman–Crippen LogP) is 2.84. The summed E-state index contributed by atoms with van der Waals surface area (Å²) in [5.74, 6) is 2.22. The van der Waals surface area contributed by atoms with Crippen molar-refractivity contribution in [3.63, 3.8) is 0 Å². The zero-order valence-electron chi connectivity index (χ0n) is 16.5. The highest BCUT2D eigenvalue weighted by Gasteiger charge is 2.38. The van der Waals surface area contributed by atoms with Crippen molar-refractivity contribution < 1.29 is 0 Å². The van der Waals surface area contributed by atoms with E-state index in [-0.39, 0.29) is 0 Å². The van der Waals surface area contributed by atoms with Crippen molar-refractivity contribution in [2.24, 2.45) is 22.6 Å². The Balaban J connectivity index is 1.33. The lowest BCUT2D eigenvalue weighted by molar-refractivity contribution is 0.387. The minimum Gasteiger partial charge on any atom is -0.387 e. The van der Waals surface area contributed by atoms with Gasteiger partial charge in [0.15, 0.2) is 0 Å². The number of aliphatic imine (C=N–C) groups is 1. The van der Waals surface area contributed by atoms with E-state index < -0.39 is 0 Å². The van der Waals surface area contributed by atoms with Gasteiger partial charge in [0.25, 0.3) is 0 Å². The minimum atomic E-state index is 0.680. The van der Waals surface area contributed by atoms with Crippen LogP contribution in [-0.4, -0.2) is 53.9 Å². The van der Waals surface area contributed by atoms with Gasteiger partial charge in [-0.05, 0) is 48.7 Å². The second-order valence-electron chi connectivity index (χ2n) is 8.70. The van der Waals surface area contributed by atoms with Gasteiger partial charge in [-0.15, -0.1) is 0 Å². The van der Waals surface area contributed by atoms with Gasteiger partial charge in [-0.25, -0.2) is 9.98 Å². The smallest absolute Gasteiger partial charge is 0.104 e. The number of aromatic nitrogens is 2. The Labute approximate surface area is 170 Å². The molecule has 2 atom stereocenters. The first-order valence-corrected chi connectivity index (χ1v) is 10.3. The van der Waals surface area contributed by atoms with E-state index in [1.165, 1.54) is 24.3 Å². The van der Waals surface area contributed by atoms with Crippen LogP contribution in [0, 0.1) is 11.8 Å². The Morgan fingerprint density at radius 1 is 0.966 bits per heavy atom. The van der Waals surface area contributed by atoms with E-state index >= 15 is 0 Å². The van der Waals surface area contributed by atoms with E-state index in [0.29, 0.717) is 5.84 Å². The molecule has 29 heavy (non-hydrogen) atoms. The van der Waals surface area contributed by atoms with Gasteiger partial charge in [0.05, 0.1) is 34.3 Å². The molecule has 2 N–H and O–H groups in total. The Kier molecular flexibility index (Phi) is 3.65. The highest BCUT2D eigenvalue weighted by molar-refractivity contribution is 5.92. The van der Waals surface area contributed by atoms with Gasteiger partial charge in [-0.1, -0.05) is 12.1 Å². The number of nitrogens with zero attached hydrogens (tertiary/aromatic N) is 5. The predicted molar refractivity (Wildman–Crippen MR) is 117 cm³/mol. The van der Waals surface area contributed by atoms with Crippen LogP contribution < -0.4 is 10.6 Å². The van der Waals surface area contributed by atoms with Gasteiger partial charge in [0, 0.05) is 38.2 Å². The molecule has 2 unspecified atom stereocenters. The number of fused-ring (bicyclic) bond motifs is 3.